The van der Waals surface area contributed by atoms with Gasteiger partial charge in [0.1, 0.15) is 0 Å². The largest absolute Gasteiger partial charge is 0.478 e. The van der Waals surface area contributed by atoms with Gasteiger partial charge in [0.25, 0.3) is 0 Å². The minimum absolute atomic E-state index is 0.0200. The molecule has 4 nitrogen and oxygen atoms in total. The normalized spacial score (nSPS) is 11.7. The molecular weight excluding hydrogens is 529 g/mol. The van der Waals surface area contributed by atoms with E-state index in [1.54, 1.807) is 12.1 Å². The van der Waals surface area contributed by atoms with Crippen molar-refractivity contribution >= 4 is 41.4 Å². The Labute approximate surface area is 238 Å². The molecule has 0 saturated carbocycles. The van der Waals surface area contributed by atoms with Crippen LogP contribution >= 0.6 is 0 Å². The van der Waals surface area contributed by atoms with E-state index in [-0.39, 0.29) is 22.2 Å². The predicted molar refractivity (Wildman–Crippen MR) is 166 cm³/mol. The molecule has 0 aliphatic heterocycles. The molecule has 0 spiro atoms. The van der Waals surface area contributed by atoms with Crippen LogP contribution < -0.4 is 10.4 Å². The van der Waals surface area contributed by atoms with Crippen molar-refractivity contribution < 1.29 is 19.8 Å². The van der Waals surface area contributed by atoms with E-state index in [4.69, 9.17) is 0 Å². The summed E-state index contributed by atoms with van der Waals surface area (Å²) in [5.41, 5.74) is 4.95. The lowest BCUT2D eigenvalue weighted by molar-refractivity contribution is 0.0683. The van der Waals surface area contributed by atoms with Gasteiger partial charge in [-0.3, -0.25) is 0 Å². The number of aromatic carboxylic acids is 2. The highest BCUT2D eigenvalue weighted by Gasteiger charge is 2.25. The van der Waals surface area contributed by atoms with Gasteiger partial charge in [-0.15, -0.1) is 0 Å². The van der Waals surface area contributed by atoms with Crippen molar-refractivity contribution in [1.82, 2.24) is 0 Å². The van der Waals surface area contributed by atoms with Gasteiger partial charge in [-0.05, 0) is 34.4 Å². The second-order valence-electron chi connectivity index (χ2n) is 9.93. The van der Waals surface area contributed by atoms with Crippen LogP contribution in [0.5, 0.6) is 0 Å². The minimum Gasteiger partial charge on any atom is -0.478 e. The van der Waals surface area contributed by atoms with Crippen LogP contribution in [0.4, 0.5) is 0 Å². The summed E-state index contributed by atoms with van der Waals surface area (Å²) in [6.07, 6.45) is 0. The summed E-state index contributed by atoms with van der Waals surface area (Å²) in [6.45, 7) is 0. The van der Waals surface area contributed by atoms with Crippen molar-refractivity contribution in [3.05, 3.63) is 167 Å². The van der Waals surface area contributed by atoms with E-state index < -0.39 is 31.0 Å². The van der Waals surface area contributed by atoms with Crippen LogP contribution in [0.15, 0.2) is 133 Å². The molecular formula is C34H30O4Si2. The molecule has 0 amide bonds. The first-order chi connectivity index (χ1) is 19.5. The van der Waals surface area contributed by atoms with E-state index in [0.29, 0.717) is 10.4 Å². The van der Waals surface area contributed by atoms with E-state index in [2.05, 4.69) is 48.5 Å². The molecule has 0 radical (unpaired) electrons. The molecule has 0 saturated heterocycles. The fraction of sp³-hybridized carbons (Fsp3) is 0.0588. The van der Waals surface area contributed by atoms with E-state index in [1.807, 2.05) is 72.8 Å². The van der Waals surface area contributed by atoms with Crippen molar-refractivity contribution in [2.45, 2.75) is 11.1 Å². The number of hydrogen-bond acceptors (Lipinski definition) is 2. The number of carboxylic acids is 2. The molecule has 198 valence electrons. The molecule has 0 bridgehead atoms. The van der Waals surface area contributed by atoms with Crippen molar-refractivity contribution in [2.24, 2.45) is 0 Å². The summed E-state index contributed by atoms with van der Waals surface area (Å²) in [6, 6.07) is 43.6. The predicted octanol–water partition coefficient (Wildman–Crippen LogP) is 4.25. The van der Waals surface area contributed by atoms with Crippen LogP contribution in [-0.2, 0) is 0 Å². The maximum atomic E-state index is 12.6. The average molecular weight is 559 g/mol. The molecule has 5 rings (SSSR count). The van der Waals surface area contributed by atoms with Crippen LogP contribution in [-0.4, -0.2) is 41.2 Å². The topological polar surface area (TPSA) is 74.6 Å². The quantitative estimate of drug-likeness (QED) is 0.251. The Hall–Kier alpha value is -4.53. The number of carboxylic acid groups (broad SMARTS) is 2. The third kappa shape index (κ3) is 6.20. The van der Waals surface area contributed by atoms with E-state index in [0.717, 1.165) is 22.3 Å². The van der Waals surface area contributed by atoms with Crippen LogP contribution in [0.1, 0.15) is 54.1 Å². The Balaban J connectivity index is 1.60. The summed E-state index contributed by atoms with van der Waals surface area (Å²) in [5, 5.41) is 22.0. The number of hydrogen-bond donors (Lipinski definition) is 2. The van der Waals surface area contributed by atoms with E-state index in [9.17, 15) is 19.8 Å². The zero-order valence-corrected chi connectivity index (χ0v) is 24.8. The van der Waals surface area contributed by atoms with Gasteiger partial charge in [0.2, 0.25) is 0 Å². The summed E-state index contributed by atoms with van der Waals surface area (Å²) in [4.78, 5) is 25.3. The molecule has 0 heterocycles. The minimum atomic E-state index is -1.29. The van der Waals surface area contributed by atoms with Crippen molar-refractivity contribution in [3.8, 4) is 0 Å². The molecule has 6 heteroatoms. The second kappa shape index (κ2) is 12.6. The van der Waals surface area contributed by atoms with E-state index >= 15 is 0 Å². The number of carbonyl (C=O) groups is 2. The lowest BCUT2D eigenvalue weighted by Crippen LogP contribution is -2.36. The third-order valence-corrected chi connectivity index (χ3v) is 12.2. The zero-order valence-electron chi connectivity index (χ0n) is 22.0. The molecule has 0 aliphatic carbocycles. The first-order valence-corrected chi connectivity index (χ1v) is 16.4. The molecule has 2 N–H and O–H groups in total. The standard InChI is InChI=1S/C34H30O4Si2/c35-33(36)27-22-30(40-32(25-17-9-3-10-18-25)26-19-11-4-12-20-26)28(34(37)38)21-29(27)39-31(23-13-5-1-6-14-23)24-15-7-2-8-16-24/h1-22,31-32H,39-40H2,(H,35,36)(H,37,38). The Kier molecular flexibility index (Phi) is 8.49. The molecule has 40 heavy (non-hydrogen) atoms. The fourth-order valence-corrected chi connectivity index (χ4v) is 9.96. The first-order valence-electron chi connectivity index (χ1n) is 13.3. The number of rotatable bonds is 10. The monoisotopic (exact) mass is 558 g/mol. The van der Waals surface area contributed by atoms with Crippen molar-refractivity contribution in [1.29, 1.82) is 0 Å². The second-order valence-corrected chi connectivity index (χ2v) is 13.9. The third-order valence-electron chi connectivity index (χ3n) is 7.45. The maximum Gasteiger partial charge on any atom is 0.335 e. The van der Waals surface area contributed by atoms with Gasteiger partial charge in [-0.2, -0.15) is 0 Å². The zero-order chi connectivity index (χ0) is 27.9. The highest BCUT2D eigenvalue weighted by atomic mass is 28.2. The average Bonchev–Trinajstić information content (AvgIpc) is 3.00. The fourth-order valence-electron chi connectivity index (χ4n) is 5.46. The first kappa shape index (κ1) is 27.1. The van der Waals surface area contributed by atoms with Gasteiger partial charge >= 0.3 is 11.9 Å². The molecule has 0 fully saturated rings. The highest BCUT2D eigenvalue weighted by molar-refractivity contribution is 6.61. The maximum absolute atomic E-state index is 12.6. The van der Waals surface area contributed by atoms with E-state index in [1.165, 1.54) is 0 Å². The molecule has 0 atom stereocenters. The Morgan fingerprint density at radius 1 is 0.450 bits per heavy atom. The lowest BCUT2D eigenvalue weighted by Gasteiger charge is -2.22. The van der Waals surface area contributed by atoms with Gasteiger partial charge in [0.15, 0.2) is 0 Å². The molecule has 0 unspecified atom stereocenters. The summed E-state index contributed by atoms with van der Waals surface area (Å²) in [7, 11) is -2.58. The van der Waals surface area contributed by atoms with Crippen molar-refractivity contribution in [3.63, 3.8) is 0 Å². The van der Waals surface area contributed by atoms with Gasteiger partial charge in [-0.25, -0.2) is 9.59 Å². The van der Waals surface area contributed by atoms with Crippen molar-refractivity contribution in [2.75, 3.05) is 0 Å². The molecule has 0 aliphatic rings. The van der Waals surface area contributed by atoms with Crippen LogP contribution in [0, 0.1) is 0 Å². The van der Waals surface area contributed by atoms with Gasteiger partial charge in [0, 0.05) is 11.1 Å². The highest BCUT2D eigenvalue weighted by Crippen LogP contribution is 2.25. The van der Waals surface area contributed by atoms with Crippen LogP contribution in [0.3, 0.4) is 0 Å². The number of benzene rings is 5. The lowest BCUT2D eigenvalue weighted by atomic mass is 10.0. The summed E-state index contributed by atoms with van der Waals surface area (Å²) < 4.78 is 0. The van der Waals surface area contributed by atoms with Gasteiger partial charge in [0.05, 0.1) is 30.2 Å². The van der Waals surface area contributed by atoms with Gasteiger partial charge < -0.3 is 10.2 Å². The van der Waals surface area contributed by atoms with Crippen LogP contribution in [0.25, 0.3) is 0 Å². The van der Waals surface area contributed by atoms with Crippen LogP contribution in [0.2, 0.25) is 0 Å². The van der Waals surface area contributed by atoms with Gasteiger partial charge in [-0.1, -0.05) is 132 Å². The Morgan fingerprint density at radius 3 is 0.925 bits per heavy atom. The Bertz CT molecular complexity index is 1390. The summed E-state index contributed by atoms with van der Waals surface area (Å²) >= 11 is 0. The smallest absolute Gasteiger partial charge is 0.335 e. The molecule has 5 aromatic rings. The SMILES string of the molecule is O=C(O)c1cc([SiH2]C(c2ccccc2)c2ccccc2)c(C(=O)O)cc1[SiH2]C(c1ccccc1)c1ccccc1. The molecule has 5 aromatic carbocycles. The molecule has 0 aromatic heterocycles. The summed E-state index contributed by atoms with van der Waals surface area (Å²) in [5.74, 6) is -2.02. The Morgan fingerprint density at radius 2 is 0.700 bits per heavy atom.